The van der Waals surface area contributed by atoms with Gasteiger partial charge in [0.15, 0.2) is 0 Å². The molecule has 1 aliphatic heterocycles. The van der Waals surface area contributed by atoms with Crippen LogP contribution < -0.4 is 19.8 Å². The predicted octanol–water partition coefficient (Wildman–Crippen LogP) is 4.84. The predicted molar refractivity (Wildman–Crippen MR) is 181 cm³/mol. The van der Waals surface area contributed by atoms with E-state index in [2.05, 4.69) is 10.2 Å². The fraction of sp³-hybridized carbons (Fsp3) is 0.235. The third-order valence-electron chi connectivity index (χ3n) is 7.92. The van der Waals surface area contributed by atoms with Crippen molar-refractivity contribution >= 4 is 50.7 Å². The van der Waals surface area contributed by atoms with Crippen LogP contribution in [0.1, 0.15) is 22.7 Å². The number of likely N-dealkylation sites (tertiary alicyclic amines) is 1. The quantitative estimate of drug-likeness (QED) is 0.135. The Hall–Kier alpha value is -4.13. The summed E-state index contributed by atoms with van der Waals surface area (Å²) < 4.78 is 34.8. The maximum absolute atomic E-state index is 14.1. The second kappa shape index (κ2) is 15.2. The van der Waals surface area contributed by atoms with Gasteiger partial charge in [-0.25, -0.2) is 13.9 Å². The van der Waals surface area contributed by atoms with E-state index < -0.39 is 39.7 Å². The molecule has 1 fully saturated rings. The van der Waals surface area contributed by atoms with Crippen LogP contribution in [0.15, 0.2) is 103 Å². The highest BCUT2D eigenvalue weighted by atomic mass is 35.5. The Morgan fingerprint density at radius 2 is 1.51 bits per heavy atom. The van der Waals surface area contributed by atoms with Gasteiger partial charge in [-0.2, -0.15) is 0 Å². The molecule has 1 unspecified atom stereocenters. The molecule has 10 nitrogen and oxygen atoms in total. The molecule has 1 saturated heterocycles. The zero-order chi connectivity index (χ0) is 33.6. The molecule has 0 aromatic heterocycles. The van der Waals surface area contributed by atoms with Crippen LogP contribution in [0.3, 0.4) is 0 Å². The van der Waals surface area contributed by atoms with Gasteiger partial charge in [-0.3, -0.25) is 24.0 Å². The van der Waals surface area contributed by atoms with Crippen LogP contribution in [-0.4, -0.2) is 68.4 Å². The van der Waals surface area contributed by atoms with E-state index in [1.54, 1.807) is 60.1 Å². The van der Waals surface area contributed by atoms with E-state index in [9.17, 15) is 23.2 Å². The number of hydroxylamine groups is 1. The molecule has 47 heavy (non-hydrogen) atoms. The summed E-state index contributed by atoms with van der Waals surface area (Å²) in [6, 6.07) is 28.5. The molecular formula is C34H34Cl2N4O6S. The maximum Gasteiger partial charge on any atom is 0.266 e. The van der Waals surface area contributed by atoms with Crippen molar-refractivity contribution in [2.45, 2.75) is 24.5 Å². The number of hydrogen-bond acceptors (Lipinski definition) is 7. The van der Waals surface area contributed by atoms with Crippen LogP contribution in [0.4, 0.5) is 5.69 Å². The van der Waals surface area contributed by atoms with Gasteiger partial charge in [0, 0.05) is 35.6 Å². The molecule has 0 radical (unpaired) electrons. The van der Waals surface area contributed by atoms with E-state index in [0.717, 1.165) is 11.1 Å². The molecule has 0 aliphatic carbocycles. The highest BCUT2D eigenvalue weighted by Crippen LogP contribution is 2.37. The Labute approximate surface area is 283 Å². The van der Waals surface area contributed by atoms with E-state index >= 15 is 0 Å². The Bertz CT molecular complexity index is 1740. The van der Waals surface area contributed by atoms with Gasteiger partial charge in [0.25, 0.3) is 5.91 Å². The molecule has 1 heterocycles. The van der Waals surface area contributed by atoms with Gasteiger partial charge in [-0.15, -0.1) is 0 Å². The summed E-state index contributed by atoms with van der Waals surface area (Å²) in [5.41, 5.74) is 4.54. The molecule has 5 rings (SSSR count). The lowest BCUT2D eigenvalue weighted by atomic mass is 9.93. The fourth-order valence-corrected chi connectivity index (χ4v) is 7.53. The highest BCUT2D eigenvalue weighted by molar-refractivity contribution is 7.93. The third-order valence-corrected chi connectivity index (χ3v) is 10.2. The van der Waals surface area contributed by atoms with Crippen molar-refractivity contribution in [2.75, 3.05) is 30.3 Å². The van der Waals surface area contributed by atoms with Gasteiger partial charge in [-0.1, -0.05) is 83.9 Å². The smallest absolute Gasteiger partial charge is 0.266 e. The molecule has 4 aromatic carbocycles. The summed E-state index contributed by atoms with van der Waals surface area (Å²) in [5.74, 6) is -2.23. The minimum absolute atomic E-state index is 0.0486. The van der Waals surface area contributed by atoms with Crippen molar-refractivity contribution in [1.29, 1.82) is 0 Å². The van der Waals surface area contributed by atoms with E-state index in [1.165, 1.54) is 11.4 Å². The molecule has 2 amide bonds. The van der Waals surface area contributed by atoms with Gasteiger partial charge in [0.1, 0.15) is 17.5 Å². The molecule has 1 aliphatic rings. The number of methoxy groups -OCH3 is 1. The highest BCUT2D eigenvalue weighted by Gasteiger charge is 2.43. The van der Waals surface area contributed by atoms with Crippen molar-refractivity contribution in [3.8, 4) is 5.75 Å². The molecule has 4 aromatic rings. The van der Waals surface area contributed by atoms with E-state index in [-0.39, 0.29) is 12.5 Å². The first kappa shape index (κ1) is 34.2. The monoisotopic (exact) mass is 696 g/mol. The van der Waals surface area contributed by atoms with Crippen molar-refractivity contribution in [2.24, 2.45) is 0 Å². The van der Waals surface area contributed by atoms with E-state index in [4.69, 9.17) is 27.9 Å². The number of hydrogen-bond donors (Lipinski definition) is 3. The number of halogens is 2. The number of nitrogens with one attached hydrogen (secondary N) is 2. The lowest BCUT2D eigenvalue weighted by Crippen LogP contribution is -2.62. The summed E-state index contributed by atoms with van der Waals surface area (Å²) in [7, 11) is -2.81. The van der Waals surface area contributed by atoms with Crippen LogP contribution in [0, 0.1) is 0 Å². The minimum Gasteiger partial charge on any atom is -0.497 e. The van der Waals surface area contributed by atoms with Crippen LogP contribution in [-0.2, 0) is 26.0 Å². The van der Waals surface area contributed by atoms with Crippen molar-refractivity contribution in [3.63, 3.8) is 0 Å². The molecule has 13 heteroatoms. The Morgan fingerprint density at radius 1 is 0.915 bits per heavy atom. The standard InChI is InChI=1S/C34H34Cl2N4O6S/c1-46-30-9-5-8-28(19-30)40(47(44,45)22-32(41)37-31(34(42)38-43)18-23-6-3-2-4-7-23)29-20-39(21-29)33(24-10-14-26(35)15-11-24)25-12-16-27(36)17-13-25/h2-17,19,29,31,33,43H,18,20-22H2,1H3,(H,37,41)(H,38,42). The third kappa shape index (κ3) is 8.43. The van der Waals surface area contributed by atoms with Gasteiger partial charge < -0.3 is 10.1 Å². The summed E-state index contributed by atoms with van der Waals surface area (Å²) in [6.45, 7) is 0.690. The van der Waals surface area contributed by atoms with Crippen LogP contribution in [0.25, 0.3) is 0 Å². The second-order valence-electron chi connectivity index (χ2n) is 11.2. The van der Waals surface area contributed by atoms with Crippen molar-refractivity contribution < 1.29 is 28.0 Å². The molecular weight excluding hydrogens is 663 g/mol. The summed E-state index contributed by atoms with van der Waals surface area (Å²) in [6.07, 6.45) is 0.0486. The molecule has 0 bridgehead atoms. The molecule has 246 valence electrons. The second-order valence-corrected chi connectivity index (χ2v) is 13.9. The fourth-order valence-electron chi connectivity index (χ4n) is 5.71. The van der Waals surface area contributed by atoms with E-state index in [1.807, 2.05) is 48.5 Å². The number of sulfonamides is 1. The molecule has 0 spiro atoms. The number of amides is 2. The first-order valence-corrected chi connectivity index (χ1v) is 17.1. The summed E-state index contributed by atoms with van der Waals surface area (Å²) >= 11 is 12.4. The lowest BCUT2D eigenvalue weighted by molar-refractivity contribution is -0.134. The average Bonchev–Trinajstić information content (AvgIpc) is 3.04. The number of nitrogens with zero attached hydrogens (tertiary/aromatic N) is 2. The van der Waals surface area contributed by atoms with Crippen molar-refractivity contribution in [1.82, 2.24) is 15.7 Å². The van der Waals surface area contributed by atoms with Crippen LogP contribution in [0.5, 0.6) is 5.75 Å². The number of benzene rings is 4. The lowest BCUT2D eigenvalue weighted by Gasteiger charge is -2.49. The number of anilines is 1. The normalized spacial score (nSPS) is 14.2. The number of rotatable bonds is 13. The Morgan fingerprint density at radius 3 is 2.06 bits per heavy atom. The maximum atomic E-state index is 14.1. The number of carbonyl (C=O) groups excluding carboxylic acids is 2. The van der Waals surface area contributed by atoms with Gasteiger partial charge >= 0.3 is 0 Å². The summed E-state index contributed by atoms with van der Waals surface area (Å²) in [5, 5.41) is 13.0. The number of carbonyl (C=O) groups is 2. The zero-order valence-electron chi connectivity index (χ0n) is 25.4. The SMILES string of the molecule is COc1cccc(N(C2CN(C(c3ccc(Cl)cc3)c3ccc(Cl)cc3)C2)S(=O)(=O)CC(=O)NC(Cc2ccccc2)C(=O)NO)c1. The number of ether oxygens (including phenoxy) is 1. The first-order chi connectivity index (χ1) is 22.6. The molecule has 1 atom stereocenters. The van der Waals surface area contributed by atoms with Gasteiger partial charge in [-0.05, 0) is 53.1 Å². The minimum atomic E-state index is -4.29. The van der Waals surface area contributed by atoms with Gasteiger partial charge in [0.05, 0.1) is 24.9 Å². The zero-order valence-corrected chi connectivity index (χ0v) is 27.8. The van der Waals surface area contributed by atoms with Crippen LogP contribution >= 0.6 is 23.2 Å². The molecule has 0 saturated carbocycles. The van der Waals surface area contributed by atoms with Gasteiger partial charge in [0.2, 0.25) is 15.9 Å². The average molecular weight is 698 g/mol. The molecule has 3 N–H and O–H groups in total. The first-order valence-electron chi connectivity index (χ1n) is 14.8. The summed E-state index contributed by atoms with van der Waals surface area (Å²) in [4.78, 5) is 27.8. The largest absolute Gasteiger partial charge is 0.497 e. The topological polar surface area (TPSA) is 128 Å². The van der Waals surface area contributed by atoms with E-state index in [0.29, 0.717) is 40.1 Å². The van der Waals surface area contributed by atoms with Crippen molar-refractivity contribution in [3.05, 3.63) is 130 Å². The van der Waals surface area contributed by atoms with Crippen LogP contribution in [0.2, 0.25) is 10.0 Å². The Kier molecular flexibility index (Phi) is 11.1. The Balaban J connectivity index is 1.40.